The smallest absolute Gasteiger partial charge is 0.220 e. The molecule has 2 fully saturated rings. The van der Waals surface area contributed by atoms with Crippen molar-refractivity contribution in [3.63, 3.8) is 0 Å². The van der Waals surface area contributed by atoms with Gasteiger partial charge in [0.1, 0.15) is 0 Å². The topological polar surface area (TPSA) is 69.6 Å². The van der Waals surface area contributed by atoms with Crippen LogP contribution in [0.25, 0.3) is 5.57 Å². The number of hydrogen-bond acceptors (Lipinski definition) is 3. The summed E-state index contributed by atoms with van der Waals surface area (Å²) in [5.41, 5.74) is 3.80. The Kier molecular flexibility index (Phi) is 5.54. The summed E-state index contributed by atoms with van der Waals surface area (Å²) in [7, 11) is 0. The summed E-state index contributed by atoms with van der Waals surface area (Å²) in [4.78, 5) is 26.0. The molecule has 3 aliphatic rings. The number of aliphatic hydroxyl groups excluding tert-OH is 1. The molecule has 4 rings (SSSR count). The van der Waals surface area contributed by atoms with E-state index in [1.165, 1.54) is 24.5 Å². The van der Waals surface area contributed by atoms with Crippen LogP contribution in [0.4, 0.5) is 0 Å². The van der Waals surface area contributed by atoms with Gasteiger partial charge in [-0.05, 0) is 54.7 Å². The van der Waals surface area contributed by atoms with Gasteiger partial charge in [0.15, 0.2) is 0 Å². The van der Waals surface area contributed by atoms with Gasteiger partial charge in [-0.25, -0.2) is 0 Å². The molecule has 1 aliphatic heterocycles. The van der Waals surface area contributed by atoms with Crippen molar-refractivity contribution in [2.24, 2.45) is 5.92 Å². The average molecular weight is 383 g/mol. The zero-order valence-corrected chi connectivity index (χ0v) is 16.6. The molecule has 1 saturated heterocycles. The Bertz CT molecular complexity index is 767. The second-order valence-corrected chi connectivity index (χ2v) is 8.46. The van der Waals surface area contributed by atoms with Gasteiger partial charge in [-0.3, -0.25) is 9.59 Å². The number of likely N-dealkylation sites (tertiary alicyclic amines) is 1. The number of carbonyl (C=O) groups is 2. The number of hydrogen-bond donors (Lipinski definition) is 2. The van der Waals surface area contributed by atoms with Crippen LogP contribution in [0.3, 0.4) is 0 Å². The fourth-order valence-corrected chi connectivity index (χ4v) is 4.81. The minimum atomic E-state index is -0.223. The summed E-state index contributed by atoms with van der Waals surface area (Å²) in [6.45, 7) is 1.91. The molecule has 28 heavy (non-hydrogen) atoms. The van der Waals surface area contributed by atoms with Crippen LogP contribution >= 0.6 is 0 Å². The van der Waals surface area contributed by atoms with Gasteiger partial charge in [0.05, 0.1) is 18.7 Å². The maximum Gasteiger partial charge on any atom is 0.220 e. The van der Waals surface area contributed by atoms with Crippen LogP contribution in [0, 0.1) is 5.92 Å². The summed E-state index contributed by atoms with van der Waals surface area (Å²) in [5, 5.41) is 12.9. The first-order valence-electron chi connectivity index (χ1n) is 10.5. The van der Waals surface area contributed by atoms with Crippen LogP contribution in [0.1, 0.15) is 62.5 Å². The first-order valence-corrected chi connectivity index (χ1v) is 10.5. The largest absolute Gasteiger partial charge is 0.394 e. The molecule has 0 radical (unpaired) electrons. The Balaban J connectivity index is 1.48. The minimum Gasteiger partial charge on any atom is -0.394 e. The summed E-state index contributed by atoms with van der Waals surface area (Å²) < 4.78 is 0. The van der Waals surface area contributed by atoms with Crippen molar-refractivity contribution < 1.29 is 14.7 Å². The van der Waals surface area contributed by atoms with Gasteiger partial charge in [0.2, 0.25) is 11.8 Å². The third kappa shape index (κ3) is 3.86. The first-order chi connectivity index (χ1) is 13.6. The fourth-order valence-electron chi connectivity index (χ4n) is 4.81. The molecule has 5 nitrogen and oxygen atoms in total. The van der Waals surface area contributed by atoms with E-state index in [1.807, 2.05) is 0 Å². The van der Waals surface area contributed by atoms with Gasteiger partial charge in [0.25, 0.3) is 0 Å². The van der Waals surface area contributed by atoms with Crippen molar-refractivity contribution in [3.8, 4) is 0 Å². The summed E-state index contributed by atoms with van der Waals surface area (Å²) >= 11 is 0. The van der Waals surface area contributed by atoms with Crippen molar-refractivity contribution in [1.29, 1.82) is 0 Å². The summed E-state index contributed by atoms with van der Waals surface area (Å²) in [6, 6.07) is 8.23. The second kappa shape index (κ2) is 8.08. The molecule has 1 aromatic rings. The van der Waals surface area contributed by atoms with Crippen LogP contribution in [-0.4, -0.2) is 47.1 Å². The van der Waals surface area contributed by atoms with E-state index in [-0.39, 0.29) is 36.4 Å². The second-order valence-electron chi connectivity index (χ2n) is 8.46. The molecule has 150 valence electrons. The third-order valence-electron chi connectivity index (χ3n) is 6.48. The molecule has 1 heterocycles. The van der Waals surface area contributed by atoms with Crippen molar-refractivity contribution >= 4 is 17.4 Å². The normalized spacial score (nSPS) is 26.6. The maximum atomic E-state index is 12.1. The van der Waals surface area contributed by atoms with Crippen molar-refractivity contribution in [2.45, 2.75) is 63.5 Å². The molecule has 2 aliphatic carbocycles. The van der Waals surface area contributed by atoms with Crippen molar-refractivity contribution in [1.82, 2.24) is 10.2 Å². The van der Waals surface area contributed by atoms with Crippen molar-refractivity contribution in [2.75, 3.05) is 13.2 Å². The van der Waals surface area contributed by atoms with Crippen LogP contribution < -0.4 is 5.32 Å². The summed E-state index contributed by atoms with van der Waals surface area (Å²) in [5.74, 6) is 0.607. The van der Waals surface area contributed by atoms with E-state index in [0.717, 1.165) is 31.2 Å². The SMILES string of the molecule is CC(=O)N1[C@H](CO)[C@H](c2ccc(C3=CCCC3)cc2)[C@@H]1CNC(=O)CC1CC1. The van der Waals surface area contributed by atoms with E-state index >= 15 is 0 Å². The van der Waals surface area contributed by atoms with E-state index in [2.05, 4.69) is 35.7 Å². The first kappa shape index (κ1) is 19.2. The Morgan fingerprint density at radius 2 is 1.93 bits per heavy atom. The van der Waals surface area contributed by atoms with E-state index in [0.29, 0.717) is 18.9 Å². The Labute approximate surface area is 166 Å². The van der Waals surface area contributed by atoms with Gasteiger partial charge >= 0.3 is 0 Å². The number of benzene rings is 1. The van der Waals surface area contributed by atoms with Crippen LogP contribution in [0.2, 0.25) is 0 Å². The molecule has 3 atom stereocenters. The number of nitrogens with zero attached hydrogens (tertiary/aromatic N) is 1. The average Bonchev–Trinajstić information content (AvgIpc) is 3.30. The van der Waals surface area contributed by atoms with E-state index in [4.69, 9.17) is 0 Å². The number of carbonyl (C=O) groups excluding carboxylic acids is 2. The van der Waals surface area contributed by atoms with E-state index in [1.54, 1.807) is 4.90 Å². The van der Waals surface area contributed by atoms with E-state index < -0.39 is 0 Å². The molecular formula is C23H30N2O3. The lowest BCUT2D eigenvalue weighted by Gasteiger charge is -2.54. The standard InChI is InChI=1S/C23H30N2O3/c1-15(27)25-20(13-24-22(28)12-16-6-7-16)23(21(25)14-26)19-10-8-18(9-11-19)17-4-2-3-5-17/h4,8-11,16,20-21,23,26H,2-3,5-7,12-14H2,1H3,(H,24,28)/t20-,21+,23+/m0/s1. The van der Waals surface area contributed by atoms with Crippen LogP contribution in [0.5, 0.6) is 0 Å². The van der Waals surface area contributed by atoms with Gasteiger partial charge in [-0.2, -0.15) is 0 Å². The Morgan fingerprint density at radius 1 is 1.18 bits per heavy atom. The highest BCUT2D eigenvalue weighted by Crippen LogP contribution is 2.41. The zero-order chi connectivity index (χ0) is 19.7. The van der Waals surface area contributed by atoms with Crippen LogP contribution in [0.15, 0.2) is 30.3 Å². The van der Waals surface area contributed by atoms with E-state index in [9.17, 15) is 14.7 Å². The highest BCUT2D eigenvalue weighted by molar-refractivity contribution is 5.78. The molecule has 2 amide bonds. The highest BCUT2D eigenvalue weighted by Gasteiger charge is 2.50. The van der Waals surface area contributed by atoms with Gasteiger partial charge < -0.3 is 15.3 Å². The lowest BCUT2D eigenvalue weighted by Crippen LogP contribution is -2.68. The highest BCUT2D eigenvalue weighted by atomic mass is 16.3. The maximum absolute atomic E-state index is 12.1. The molecule has 1 aromatic carbocycles. The summed E-state index contributed by atoms with van der Waals surface area (Å²) in [6.07, 6.45) is 8.71. The number of allylic oxidation sites excluding steroid dienone is 2. The van der Waals surface area contributed by atoms with Gasteiger partial charge in [0, 0.05) is 25.8 Å². The van der Waals surface area contributed by atoms with Crippen molar-refractivity contribution in [3.05, 3.63) is 41.5 Å². The fraction of sp³-hybridized carbons (Fsp3) is 0.565. The zero-order valence-electron chi connectivity index (χ0n) is 16.6. The molecule has 0 spiro atoms. The lowest BCUT2D eigenvalue weighted by atomic mass is 9.74. The molecule has 0 aromatic heterocycles. The Morgan fingerprint density at radius 3 is 2.50 bits per heavy atom. The quantitative estimate of drug-likeness (QED) is 0.762. The molecule has 0 bridgehead atoms. The van der Waals surface area contributed by atoms with Crippen LogP contribution in [-0.2, 0) is 9.59 Å². The number of nitrogens with one attached hydrogen (secondary N) is 1. The molecule has 2 N–H and O–H groups in total. The number of amides is 2. The van der Waals surface area contributed by atoms with Gasteiger partial charge in [-0.15, -0.1) is 0 Å². The number of aliphatic hydroxyl groups is 1. The number of rotatable bonds is 7. The van der Waals surface area contributed by atoms with Gasteiger partial charge in [-0.1, -0.05) is 30.3 Å². The molecular weight excluding hydrogens is 352 g/mol. The predicted molar refractivity (Wildman–Crippen MR) is 109 cm³/mol. The molecule has 0 unspecified atom stereocenters. The predicted octanol–water partition coefficient (Wildman–Crippen LogP) is 2.85. The Hall–Kier alpha value is -2.14. The third-order valence-corrected chi connectivity index (χ3v) is 6.48. The molecule has 5 heteroatoms. The lowest BCUT2D eigenvalue weighted by molar-refractivity contribution is -0.148. The monoisotopic (exact) mass is 382 g/mol. The molecule has 1 saturated carbocycles. The minimum absolute atomic E-state index is 0.0433.